The third-order valence-electron chi connectivity index (χ3n) is 21.1. The van der Waals surface area contributed by atoms with E-state index < -0.39 is 68.4 Å². The van der Waals surface area contributed by atoms with E-state index in [4.69, 9.17) is 34.1 Å². The number of alkyl carbamates (subject to hydrolysis) is 3. The number of nitrogens with zero attached hydrogens (tertiary/aromatic N) is 3. The van der Waals surface area contributed by atoms with Gasteiger partial charge in [0, 0.05) is 80.5 Å². The molecule has 710 valence electrons. The quantitative estimate of drug-likeness (QED) is 0.00832. The van der Waals surface area contributed by atoms with Gasteiger partial charge < -0.3 is 78.8 Å². The SMILES string of the molecule is CCOC(=O)ON.CCOC(=O)ONC(=O)CNC(=O)OCC1c2ccccc2-c2ccccc21.CCOC(=O)ONCCNC(=O)OCC1c2ccccc2-c2ccccc21.O=C(CCC(=O)n1nnc2ccccc21)OCC1c2ccccc2-c2ccccc21.O=C(O)NNCCNC(=O)OCC1c2ccccc2-c2ccccc21.OB(O)c1cc2cc(Br)ccc2s1.[SiH3]c1ccccc1. The van der Waals surface area contributed by atoms with E-state index >= 15 is 0 Å². The highest BCUT2D eigenvalue weighted by Crippen LogP contribution is 2.48. The predicted octanol–water partition coefficient (Wildman–Crippen LogP) is 13.5. The second-order valence-electron chi connectivity index (χ2n) is 30.0. The molecule has 0 unspecified atom stereocenters. The standard InChI is InChI=1S/C24H19N3O3.C20H20N2O6.C20H22N2O5.C18H19N3O4.C8H6BBrO2S.C6H8Si.C3H7NO3/c28-23(27-22-12-6-5-11-21(22)25-26-27)13-14-24(29)30-15-20-18-9-3-1-7-16(18)17-8-2-4-10-19(17)20;1-2-26-20(25)28-22-18(23)11-21-19(24)27-12-17-15-9-5-3-7-13(15)14-8-4-6-10-16(14)17;1-2-25-20(24)27-22-12-11-21-19(23)26-13-18-16-9-5-3-7-14(16)15-8-4-6-10-17(15)18;22-17(23)21-20-10-9-19-18(24)25-11-16-14-7-3-1-5-12(14)13-6-2-4-8-15(13)16;10-6-1-2-7-5(3-6)4-8(13-7)9(11)12;7-6-4-2-1-3-5-6;1-2-6-3(5)7-4/h1-12,20H,13-15H2;3-10,17H,2,11-12H2,1H3,(H,21,24)(H,22,23);3-10,18,22H,2,11-13H2,1H3,(H,21,23);1-8,16,20-21H,9-11H2,(H,19,24)(H,22,23);1-4,11-12H;1-5H,7H3;2,4H2,1H3. The molecule has 5 amide bonds. The van der Waals surface area contributed by atoms with Crippen molar-refractivity contribution in [1.29, 1.82) is 0 Å². The van der Waals surface area contributed by atoms with Crippen molar-refractivity contribution in [3.05, 3.63) is 322 Å². The second kappa shape index (κ2) is 53.1. The molecule has 0 aliphatic heterocycles. The summed E-state index contributed by atoms with van der Waals surface area (Å²) >= 11 is 4.75. The Morgan fingerprint density at radius 2 is 0.832 bits per heavy atom. The van der Waals surface area contributed by atoms with Crippen molar-refractivity contribution >= 4 is 136 Å². The summed E-state index contributed by atoms with van der Waals surface area (Å²) in [6.45, 7) is 7.07. The monoisotopic (exact) mass is 1960 g/mol. The molecule has 4 aliphatic carbocycles. The maximum atomic E-state index is 12.5. The number of carboxylic acid groups (broad SMARTS) is 1. The zero-order valence-corrected chi connectivity index (χ0v) is 79.4. The van der Waals surface area contributed by atoms with Crippen LogP contribution in [0.15, 0.2) is 277 Å². The maximum absolute atomic E-state index is 12.5. The molecule has 0 spiro atoms. The molecule has 137 heavy (non-hydrogen) atoms. The number of halogens is 1. The van der Waals surface area contributed by atoms with Gasteiger partial charge in [-0.05, 0) is 152 Å². The molecule has 0 saturated carbocycles. The molecule has 0 bridgehead atoms. The minimum Gasteiger partial charge on any atom is -0.465 e. The Labute approximate surface area is 803 Å². The maximum Gasteiger partial charge on any atom is 0.533 e. The number of rotatable bonds is 25. The Balaban J connectivity index is 0.000000161. The molecule has 13 aromatic rings. The predicted molar refractivity (Wildman–Crippen MR) is 520 cm³/mol. The minimum atomic E-state index is -1.36. The summed E-state index contributed by atoms with van der Waals surface area (Å²) in [7, 11) is -0.191. The van der Waals surface area contributed by atoms with Crippen LogP contribution in [0, 0.1) is 0 Å². The molecule has 17 rings (SSSR count). The van der Waals surface area contributed by atoms with E-state index in [-0.39, 0.29) is 115 Å². The summed E-state index contributed by atoms with van der Waals surface area (Å²) in [5, 5.41) is 44.1. The number of esters is 1. The number of fused-ring (bicyclic) bond motifs is 14. The fourth-order valence-electron chi connectivity index (χ4n) is 15.1. The Hall–Kier alpha value is -15.2. The molecule has 11 aromatic carbocycles. The number of benzene rings is 11. The summed E-state index contributed by atoms with van der Waals surface area (Å²) in [6.07, 6.45) is -5.63. The van der Waals surface area contributed by atoms with E-state index in [0.717, 1.165) is 70.2 Å². The molecular weight excluding hydrogens is 1860 g/mol. The Morgan fingerprint density at radius 1 is 0.445 bits per heavy atom. The van der Waals surface area contributed by atoms with Crippen molar-refractivity contribution in [2.45, 2.75) is 57.3 Å². The molecule has 38 heteroatoms. The number of ether oxygens (including phenoxy) is 7. The highest BCUT2D eigenvalue weighted by molar-refractivity contribution is 9.10. The lowest BCUT2D eigenvalue weighted by Gasteiger charge is -2.14. The molecule has 12 N–H and O–H groups in total. The number of aromatic nitrogens is 3. The van der Waals surface area contributed by atoms with Crippen LogP contribution in [0.2, 0.25) is 0 Å². The highest BCUT2D eigenvalue weighted by atomic mass is 79.9. The average Bonchev–Trinajstić information content (AvgIpc) is 1.63. The van der Waals surface area contributed by atoms with E-state index in [1.165, 1.54) is 64.8 Å². The third kappa shape index (κ3) is 29.7. The smallest absolute Gasteiger partial charge is 0.465 e. The number of carbonyl (C=O) groups excluding carboxylic acids is 9. The van der Waals surface area contributed by atoms with Crippen molar-refractivity contribution in [3.63, 3.8) is 0 Å². The number of nitrogens with one attached hydrogen (secondary N) is 7. The van der Waals surface area contributed by atoms with Gasteiger partial charge in [0.15, 0.2) is 0 Å². The van der Waals surface area contributed by atoms with Gasteiger partial charge in [0.25, 0.3) is 5.91 Å². The summed E-state index contributed by atoms with van der Waals surface area (Å²) in [5.74, 6) is 2.97. The molecule has 0 fully saturated rings. The van der Waals surface area contributed by atoms with Gasteiger partial charge in [-0.1, -0.05) is 263 Å². The first-order valence-corrected chi connectivity index (χ1v) is 46.1. The van der Waals surface area contributed by atoms with Crippen molar-refractivity contribution in [3.8, 4) is 44.5 Å². The Kier molecular flexibility index (Phi) is 39.6. The first-order chi connectivity index (χ1) is 66.6. The van der Waals surface area contributed by atoms with Crippen LogP contribution in [0.25, 0.3) is 65.6 Å². The topological polar surface area (TPSA) is 465 Å². The lowest BCUT2D eigenvalue weighted by atomic mass is 9.89. The van der Waals surface area contributed by atoms with Crippen LogP contribution in [0.3, 0.4) is 0 Å². The van der Waals surface area contributed by atoms with E-state index in [9.17, 15) is 47.9 Å². The van der Waals surface area contributed by atoms with Crippen molar-refractivity contribution in [1.82, 2.24) is 52.8 Å². The lowest BCUT2D eigenvalue weighted by Crippen LogP contribution is -2.41. The number of para-hydroxylation sites is 1. The fraction of sp³-hybridized carbons (Fsp3) is 0.212. The zero-order valence-electron chi connectivity index (χ0n) is 75.0. The largest absolute Gasteiger partial charge is 0.533 e. The molecule has 4 aliphatic rings. The lowest BCUT2D eigenvalue weighted by molar-refractivity contribution is -0.143. The summed E-state index contributed by atoms with van der Waals surface area (Å²) in [6, 6.07) is 90.2. The van der Waals surface area contributed by atoms with Gasteiger partial charge in [-0.3, -0.25) is 19.8 Å². The first-order valence-electron chi connectivity index (χ1n) is 43.5. The van der Waals surface area contributed by atoms with E-state index in [1.54, 1.807) is 39.0 Å². The Morgan fingerprint density at radius 3 is 1.23 bits per heavy atom. The van der Waals surface area contributed by atoms with E-state index in [1.807, 2.05) is 169 Å². The molecule has 0 saturated heterocycles. The summed E-state index contributed by atoms with van der Waals surface area (Å²) < 4.78 is 38.8. The number of hydrogen-bond acceptors (Lipinski definition) is 28. The zero-order chi connectivity index (χ0) is 97.4. The number of amides is 5. The fourth-order valence-corrected chi connectivity index (χ4v) is 16.8. The van der Waals surface area contributed by atoms with Crippen molar-refractivity contribution in [2.24, 2.45) is 5.90 Å². The van der Waals surface area contributed by atoms with Gasteiger partial charge in [-0.15, -0.1) is 21.9 Å². The number of hydrazine groups is 1. The van der Waals surface area contributed by atoms with Crippen LogP contribution in [-0.4, -0.2) is 187 Å². The number of hydroxylamine groups is 2. The summed E-state index contributed by atoms with van der Waals surface area (Å²) in [5.41, 5.74) is 28.5. The molecule has 2 aromatic heterocycles. The minimum absolute atomic E-state index is 0.00301. The average molecular weight is 1960 g/mol. The van der Waals surface area contributed by atoms with Gasteiger partial charge in [-0.25, -0.2) is 39.0 Å². The molecule has 0 atom stereocenters. The number of carbonyl (C=O) groups is 10. The number of hydrogen-bond donors (Lipinski definition) is 11. The normalized spacial score (nSPS) is 11.6. The van der Waals surface area contributed by atoms with E-state index in [0.29, 0.717) is 15.8 Å². The van der Waals surface area contributed by atoms with Gasteiger partial charge in [-0.2, -0.15) is 16.1 Å². The third-order valence-corrected chi connectivity index (χ3v) is 23.4. The van der Waals surface area contributed by atoms with Crippen LogP contribution in [-0.2, 0) is 57.3 Å². The molecule has 0 radical (unpaired) electrons. The highest BCUT2D eigenvalue weighted by Gasteiger charge is 2.34. The molecule has 2 heterocycles. The second-order valence-corrected chi connectivity index (χ2v) is 33.2. The summed E-state index contributed by atoms with van der Waals surface area (Å²) in [4.78, 5) is 127. The van der Waals surface area contributed by atoms with Gasteiger partial charge in [0.05, 0.1) is 31.8 Å². The van der Waals surface area contributed by atoms with Gasteiger partial charge >= 0.3 is 55.9 Å². The van der Waals surface area contributed by atoms with Crippen LogP contribution < -0.4 is 53.6 Å². The number of thiophene rings is 1. The Bertz CT molecular complexity index is 6120. The number of nitrogens with two attached hydrogens (primary N) is 1. The molecule has 34 nitrogen and oxygen atoms in total. The van der Waals surface area contributed by atoms with Crippen LogP contribution in [0.4, 0.5) is 33.6 Å². The van der Waals surface area contributed by atoms with Crippen LogP contribution in [0.1, 0.15) is 107 Å². The van der Waals surface area contributed by atoms with Crippen molar-refractivity contribution < 1.29 is 111 Å². The van der Waals surface area contributed by atoms with Crippen LogP contribution in [0.5, 0.6) is 0 Å². The van der Waals surface area contributed by atoms with E-state index in [2.05, 4.69) is 185 Å². The van der Waals surface area contributed by atoms with Gasteiger partial charge in [0.1, 0.15) is 38.5 Å². The van der Waals surface area contributed by atoms with Gasteiger partial charge in [0.2, 0.25) is 5.91 Å². The van der Waals surface area contributed by atoms with Crippen molar-refractivity contribution in [2.75, 3.05) is 79.0 Å². The van der Waals surface area contributed by atoms with Crippen LogP contribution >= 0.6 is 27.3 Å². The first kappa shape index (κ1) is 102. The molecular formula is C99H101BBrN11O23SSi.